The van der Waals surface area contributed by atoms with Gasteiger partial charge >= 0.3 is 35.8 Å². The van der Waals surface area contributed by atoms with Crippen molar-refractivity contribution < 1.29 is 64.9 Å². The Morgan fingerprint density at radius 1 is 0.520 bits per heavy atom. The molecule has 0 amide bonds. The number of rotatable bonds is 6. The molecule has 0 bridgehead atoms. The molecule has 0 unspecified atom stereocenters. The molecular formula is C12H14O13. The van der Waals surface area contributed by atoms with Gasteiger partial charge in [0.05, 0.1) is 0 Å². The maximum Gasteiger partial charge on any atom is 0.324 e. The number of aliphatic carboxylic acids is 6. The maximum atomic E-state index is 11.7. The average molecular weight is 366 g/mol. The summed E-state index contributed by atoms with van der Waals surface area (Å²) in [6, 6.07) is 0. The van der Waals surface area contributed by atoms with Crippen LogP contribution in [0, 0.1) is 16.2 Å². The molecule has 0 heterocycles. The second-order valence-electron chi connectivity index (χ2n) is 5.25. The summed E-state index contributed by atoms with van der Waals surface area (Å²) in [6.07, 6.45) is -2.78. The van der Waals surface area contributed by atoms with E-state index in [1.807, 2.05) is 0 Å². The number of hydrogen-bond acceptors (Lipinski definition) is 6. The smallest absolute Gasteiger partial charge is 0.324 e. The van der Waals surface area contributed by atoms with Crippen LogP contribution in [0.4, 0.5) is 0 Å². The number of carbonyl (C=O) groups is 6. The summed E-state index contributed by atoms with van der Waals surface area (Å²) in [4.78, 5) is 69.8. The van der Waals surface area contributed by atoms with Gasteiger partial charge in [-0.15, -0.1) is 0 Å². The third kappa shape index (κ3) is 2.12. The normalized spacial score (nSPS) is 19.7. The lowest BCUT2D eigenvalue weighted by Crippen LogP contribution is -2.74. The van der Waals surface area contributed by atoms with E-state index in [1.54, 1.807) is 0 Å². The second kappa shape index (κ2) is 6.35. The van der Waals surface area contributed by atoms with E-state index in [1.165, 1.54) is 0 Å². The van der Waals surface area contributed by atoms with Crippen molar-refractivity contribution in [3.05, 3.63) is 0 Å². The number of carboxylic acid groups (broad SMARTS) is 6. The van der Waals surface area contributed by atoms with Crippen LogP contribution in [0.15, 0.2) is 0 Å². The Hall–Kier alpha value is -3.22. The van der Waals surface area contributed by atoms with Crippen LogP contribution in [0.25, 0.3) is 0 Å². The van der Waals surface area contributed by atoms with Crippen LogP contribution in [0.3, 0.4) is 0 Å². The van der Waals surface area contributed by atoms with Crippen molar-refractivity contribution in [1.29, 1.82) is 0 Å². The molecule has 1 rings (SSSR count). The van der Waals surface area contributed by atoms with Gasteiger partial charge in [-0.1, -0.05) is 0 Å². The van der Waals surface area contributed by atoms with Gasteiger partial charge in [0.2, 0.25) is 5.41 Å². The first-order valence-electron chi connectivity index (χ1n) is 6.27. The van der Waals surface area contributed by atoms with Gasteiger partial charge in [0.1, 0.15) is 0 Å². The molecule has 0 aromatic heterocycles. The highest BCUT2D eigenvalue weighted by atomic mass is 16.4. The molecule has 0 radical (unpaired) electrons. The molecular weight excluding hydrogens is 352 g/mol. The van der Waals surface area contributed by atoms with Gasteiger partial charge in [-0.05, 0) is 19.3 Å². The Bertz CT molecular complexity index is 576. The summed E-state index contributed by atoms with van der Waals surface area (Å²) in [5.74, 6) is -15.2. The van der Waals surface area contributed by atoms with Crippen LogP contribution >= 0.6 is 0 Å². The van der Waals surface area contributed by atoms with Crippen molar-refractivity contribution in [2.24, 2.45) is 16.2 Å². The zero-order valence-corrected chi connectivity index (χ0v) is 12.3. The molecule has 140 valence electrons. The van der Waals surface area contributed by atoms with Gasteiger partial charge < -0.3 is 36.1 Å². The fourth-order valence-electron chi connectivity index (χ4n) is 3.43. The Labute approximate surface area is 137 Å². The van der Waals surface area contributed by atoms with E-state index >= 15 is 0 Å². The van der Waals surface area contributed by atoms with Crippen molar-refractivity contribution in [2.45, 2.75) is 19.3 Å². The summed E-state index contributed by atoms with van der Waals surface area (Å²) in [5, 5.41) is 56.0. The highest BCUT2D eigenvalue weighted by Gasteiger charge is 2.85. The first-order chi connectivity index (χ1) is 10.9. The molecule has 25 heavy (non-hydrogen) atoms. The largest absolute Gasteiger partial charge is 0.480 e. The average Bonchev–Trinajstić information content (AvgIpc) is 2.43. The molecule has 1 aliphatic rings. The van der Waals surface area contributed by atoms with E-state index < -0.39 is 71.3 Å². The predicted molar refractivity (Wildman–Crippen MR) is 70.6 cm³/mol. The van der Waals surface area contributed by atoms with Crippen molar-refractivity contribution in [1.82, 2.24) is 0 Å². The molecule has 0 aromatic rings. The van der Waals surface area contributed by atoms with Crippen LogP contribution in [0.2, 0.25) is 0 Å². The lowest BCUT2D eigenvalue weighted by molar-refractivity contribution is -0.225. The molecule has 1 fully saturated rings. The van der Waals surface area contributed by atoms with E-state index in [0.29, 0.717) is 0 Å². The van der Waals surface area contributed by atoms with Crippen LogP contribution < -0.4 is 0 Å². The van der Waals surface area contributed by atoms with Crippen LogP contribution in [0.5, 0.6) is 0 Å². The third-order valence-electron chi connectivity index (χ3n) is 4.49. The van der Waals surface area contributed by atoms with Gasteiger partial charge in [0, 0.05) is 0 Å². The van der Waals surface area contributed by atoms with Crippen LogP contribution in [-0.4, -0.2) is 71.9 Å². The second-order valence-corrected chi connectivity index (χ2v) is 5.25. The summed E-state index contributed by atoms with van der Waals surface area (Å²) in [5.41, 5.74) is -11.6. The Morgan fingerprint density at radius 3 is 0.920 bits per heavy atom. The van der Waals surface area contributed by atoms with Crippen molar-refractivity contribution in [2.75, 3.05) is 0 Å². The molecule has 13 heteroatoms. The van der Waals surface area contributed by atoms with Gasteiger partial charge in [-0.25, -0.2) is 0 Å². The zero-order chi connectivity index (χ0) is 19.1. The minimum Gasteiger partial charge on any atom is -0.480 e. The van der Waals surface area contributed by atoms with E-state index in [4.69, 9.17) is 0 Å². The van der Waals surface area contributed by atoms with Crippen LogP contribution in [0.1, 0.15) is 19.3 Å². The van der Waals surface area contributed by atoms with Gasteiger partial charge in [0.25, 0.3) is 0 Å². The van der Waals surface area contributed by atoms with Gasteiger partial charge in [-0.3, -0.25) is 28.8 Å². The molecule has 1 aliphatic carbocycles. The molecule has 8 N–H and O–H groups in total. The third-order valence-corrected chi connectivity index (χ3v) is 4.49. The predicted octanol–water partition coefficient (Wildman–Crippen LogP) is -2.19. The Balaban J connectivity index is 0.00000576. The summed E-state index contributed by atoms with van der Waals surface area (Å²) in [6.45, 7) is 0. The molecule has 13 nitrogen and oxygen atoms in total. The highest BCUT2D eigenvalue weighted by Crippen LogP contribution is 2.61. The SMILES string of the molecule is O.O=C(O)C1(C(=O)O)CCCC(C(=O)O)(C(=O)O)C1(C(=O)O)C(=O)O. The Kier molecular flexibility index (Phi) is 5.53. The zero-order valence-electron chi connectivity index (χ0n) is 12.3. The van der Waals surface area contributed by atoms with E-state index in [-0.39, 0.29) is 5.48 Å². The molecule has 0 aromatic carbocycles. The molecule has 0 atom stereocenters. The van der Waals surface area contributed by atoms with E-state index in [2.05, 4.69) is 0 Å². The maximum absolute atomic E-state index is 11.7. The van der Waals surface area contributed by atoms with E-state index in [0.717, 1.165) is 0 Å². The lowest BCUT2D eigenvalue weighted by Gasteiger charge is -2.50. The topological polar surface area (TPSA) is 255 Å². The number of hydrogen-bond donors (Lipinski definition) is 6. The first kappa shape index (κ1) is 21.8. The highest BCUT2D eigenvalue weighted by molar-refractivity contribution is 6.20. The van der Waals surface area contributed by atoms with Crippen molar-refractivity contribution in [3.63, 3.8) is 0 Å². The molecule has 0 aliphatic heterocycles. The van der Waals surface area contributed by atoms with Crippen molar-refractivity contribution >= 4 is 35.8 Å². The Morgan fingerprint density at radius 2 is 0.760 bits per heavy atom. The minimum atomic E-state index is -4.17. The van der Waals surface area contributed by atoms with Crippen LogP contribution in [-0.2, 0) is 28.8 Å². The van der Waals surface area contributed by atoms with Crippen molar-refractivity contribution in [3.8, 4) is 0 Å². The fourth-order valence-corrected chi connectivity index (χ4v) is 3.43. The standard InChI is InChI=1S/C12H12O12.H2O/c13-4(14)10(5(15)16)2-1-3-11(6(17)18,7(19)20)12(10,8(21)22)9(23)24;/h1-3H2,(H,13,14)(H,15,16)(H,17,18)(H,19,20)(H,21,22)(H,23,24);1H2. The summed E-state index contributed by atoms with van der Waals surface area (Å²) >= 11 is 0. The fraction of sp³-hybridized carbons (Fsp3) is 0.500. The van der Waals surface area contributed by atoms with Gasteiger partial charge in [0.15, 0.2) is 10.8 Å². The first-order valence-corrected chi connectivity index (χ1v) is 6.27. The van der Waals surface area contributed by atoms with E-state index in [9.17, 15) is 59.4 Å². The number of carboxylic acids is 6. The molecule has 1 saturated carbocycles. The summed E-state index contributed by atoms with van der Waals surface area (Å²) < 4.78 is 0. The lowest BCUT2D eigenvalue weighted by atomic mass is 9.44. The molecule has 0 spiro atoms. The van der Waals surface area contributed by atoms with Gasteiger partial charge in [-0.2, -0.15) is 0 Å². The monoisotopic (exact) mass is 366 g/mol. The minimum absolute atomic E-state index is 0. The quantitative estimate of drug-likeness (QED) is 0.274. The molecule has 0 saturated heterocycles. The summed E-state index contributed by atoms with van der Waals surface area (Å²) in [7, 11) is 0.